The summed E-state index contributed by atoms with van der Waals surface area (Å²) in [5.74, 6) is 0.194. The van der Waals surface area contributed by atoms with E-state index in [1.54, 1.807) is 55.4 Å². The van der Waals surface area contributed by atoms with E-state index >= 15 is 0 Å². The molecule has 0 saturated carbocycles. The van der Waals surface area contributed by atoms with Gasteiger partial charge in [0.2, 0.25) is 0 Å². The molecule has 0 amide bonds. The Balaban J connectivity index is 1.29. The molecule has 2 aliphatic rings. The normalized spacial score (nSPS) is 17.6. The number of amidine groups is 2. The maximum absolute atomic E-state index is 13.5. The molecule has 312 valence electrons. The van der Waals surface area contributed by atoms with Crippen molar-refractivity contribution in [2.45, 2.75) is 77.5 Å². The number of hydrogen-bond acceptors (Lipinski definition) is 8. The van der Waals surface area contributed by atoms with Crippen molar-refractivity contribution in [3.05, 3.63) is 143 Å². The second kappa shape index (κ2) is 14.8. The monoisotopic (exact) mass is 808 g/mol. The smallest absolute Gasteiger partial charge is 0.316 e. The van der Waals surface area contributed by atoms with E-state index in [0.29, 0.717) is 11.1 Å². The molecule has 0 atom stereocenters. The Hall–Kier alpha value is -6.24. The van der Waals surface area contributed by atoms with Crippen molar-refractivity contribution in [3.63, 3.8) is 0 Å². The van der Waals surface area contributed by atoms with Gasteiger partial charge in [-0.15, -0.1) is 0 Å². The minimum atomic E-state index is -0.922. The van der Waals surface area contributed by atoms with Gasteiger partial charge in [0.25, 0.3) is 0 Å². The van der Waals surface area contributed by atoms with Crippen molar-refractivity contribution in [1.82, 2.24) is 10.1 Å². The van der Waals surface area contributed by atoms with Gasteiger partial charge in [0.15, 0.2) is 11.1 Å². The number of rotatable bonds is 10. The zero-order valence-electron chi connectivity index (χ0n) is 36.8. The van der Waals surface area contributed by atoms with Crippen molar-refractivity contribution in [2.75, 3.05) is 47.8 Å². The van der Waals surface area contributed by atoms with Crippen LogP contribution in [-0.4, -0.2) is 81.6 Å². The number of hydrogen-bond donors (Lipinski definition) is 0. The Morgan fingerprint density at radius 1 is 0.383 bits per heavy atom. The van der Waals surface area contributed by atoms with E-state index in [2.05, 4.69) is 92.4 Å². The molecular weight excluding hydrogens is 753 g/mol. The van der Waals surface area contributed by atoms with Crippen LogP contribution in [0.5, 0.6) is 0 Å². The van der Waals surface area contributed by atoms with Gasteiger partial charge in [-0.1, -0.05) is 10.1 Å². The first kappa shape index (κ1) is 41.9. The van der Waals surface area contributed by atoms with E-state index in [9.17, 15) is 20.8 Å². The summed E-state index contributed by atoms with van der Waals surface area (Å²) in [5.41, 5.74) is 4.86. The lowest BCUT2D eigenvalue weighted by Gasteiger charge is -2.32. The maximum atomic E-state index is 13.5. The Kier molecular flexibility index (Phi) is 10.3. The van der Waals surface area contributed by atoms with E-state index in [1.807, 2.05) is 76.7 Å². The van der Waals surface area contributed by atoms with Crippen LogP contribution in [0.3, 0.4) is 0 Å². The predicted octanol–water partition coefficient (Wildman–Crippen LogP) is 9.71. The molecule has 0 spiro atoms. The summed E-state index contributed by atoms with van der Waals surface area (Å²) in [6.07, 6.45) is 0. The van der Waals surface area contributed by atoms with Crippen LogP contribution < -0.4 is 19.6 Å². The Morgan fingerprint density at radius 3 is 0.767 bits per heavy atom. The molecule has 0 fully saturated rings. The van der Waals surface area contributed by atoms with Gasteiger partial charge in [0, 0.05) is 84.1 Å². The number of hydroxylamine groups is 6. The largest absolute Gasteiger partial charge is 0.714 e. The lowest BCUT2D eigenvalue weighted by Crippen LogP contribution is -2.53. The topological polar surface area (TPSA) is 111 Å². The molecule has 0 N–H and O–H groups in total. The molecule has 0 aromatic heterocycles. The molecule has 0 saturated heterocycles. The van der Waals surface area contributed by atoms with Crippen LogP contribution in [0.25, 0.3) is 0 Å². The zero-order valence-corrected chi connectivity index (χ0v) is 36.8. The fourth-order valence-electron chi connectivity index (χ4n) is 7.65. The van der Waals surface area contributed by atoms with E-state index < -0.39 is 22.2 Å². The summed E-state index contributed by atoms with van der Waals surface area (Å²) in [6.45, 7) is 14.4. The third-order valence-corrected chi connectivity index (χ3v) is 13.2. The first-order chi connectivity index (χ1) is 28.1. The SMILES string of the molecule is CN(C)c1ccc(N(c2ccc(C3=[N+]([O-])C(C)(C)C(C)(C)N3[O])cc2)c2ccc(N(c3ccc(C4=[N+]([O-])C(C)(C)C(C)(C)N4[O])cc3)c3ccc(N(C)C)cc3)cc2)cc1. The molecule has 0 aliphatic carbocycles. The lowest BCUT2D eigenvalue weighted by molar-refractivity contribution is -0.539. The minimum Gasteiger partial charge on any atom is -0.714 e. The highest BCUT2D eigenvalue weighted by atomic mass is 16.5. The molecule has 2 radical (unpaired) electrons. The fraction of sp³-hybridized carbons (Fsp3) is 0.333. The number of nitrogens with zero attached hydrogens (tertiary/aromatic N) is 8. The average molecular weight is 809 g/mol. The summed E-state index contributed by atoms with van der Waals surface area (Å²) >= 11 is 0. The molecule has 5 aromatic rings. The van der Waals surface area contributed by atoms with Crippen LogP contribution in [0.1, 0.15) is 66.5 Å². The van der Waals surface area contributed by atoms with Crippen molar-refractivity contribution >= 4 is 57.2 Å². The van der Waals surface area contributed by atoms with Gasteiger partial charge in [0.05, 0.1) is 11.1 Å². The van der Waals surface area contributed by atoms with Crippen LogP contribution in [0, 0.1) is 10.4 Å². The standard InChI is InChI=1S/C48H56N8O4/c1-45(2)46(3,4)54(58)43(53(45)57)33-13-17-37(18-14-33)51(39-25-21-35(22-26-39)49(9)10)41-29-31-42(32-30-41)52(40-27-23-36(24-28-40)50(11)12)38-19-15-34(16-20-38)44-55(59)47(5,6)48(7,8)56(44)60/h13-32H,1-12H3. The highest BCUT2D eigenvalue weighted by molar-refractivity contribution is 5.97. The molecule has 2 heterocycles. The molecule has 2 aliphatic heterocycles. The van der Waals surface area contributed by atoms with Gasteiger partial charge in [-0.25, -0.2) is 0 Å². The zero-order chi connectivity index (χ0) is 43.7. The molecule has 5 aromatic carbocycles. The van der Waals surface area contributed by atoms with E-state index in [4.69, 9.17) is 0 Å². The highest BCUT2D eigenvalue weighted by Crippen LogP contribution is 2.42. The summed E-state index contributed by atoms with van der Waals surface area (Å²) in [6, 6.07) is 39.9. The predicted molar refractivity (Wildman–Crippen MR) is 241 cm³/mol. The molecule has 0 unspecified atom stereocenters. The summed E-state index contributed by atoms with van der Waals surface area (Å²) in [5, 5.41) is 55.6. The van der Waals surface area contributed by atoms with Crippen LogP contribution in [0.4, 0.5) is 45.5 Å². The quantitative estimate of drug-likeness (QED) is 0.101. The van der Waals surface area contributed by atoms with Crippen molar-refractivity contribution in [2.24, 2.45) is 0 Å². The van der Waals surface area contributed by atoms with E-state index in [0.717, 1.165) is 65.1 Å². The number of benzene rings is 5. The molecule has 12 heteroatoms. The summed E-state index contributed by atoms with van der Waals surface area (Å²) in [4.78, 5) is 8.38. The minimum absolute atomic E-state index is 0.0970. The maximum Gasteiger partial charge on any atom is 0.316 e. The molecular formula is C48H56N8O4. The van der Waals surface area contributed by atoms with Crippen LogP contribution >= 0.6 is 0 Å². The van der Waals surface area contributed by atoms with Gasteiger partial charge in [0.1, 0.15) is 11.1 Å². The molecule has 12 nitrogen and oxygen atoms in total. The fourth-order valence-corrected chi connectivity index (χ4v) is 7.65. The van der Waals surface area contributed by atoms with Crippen molar-refractivity contribution in [1.29, 1.82) is 0 Å². The average Bonchev–Trinajstić information content (AvgIpc) is 3.42. The van der Waals surface area contributed by atoms with Crippen molar-refractivity contribution in [3.8, 4) is 0 Å². The molecule has 7 rings (SSSR count). The second-order valence-electron chi connectivity index (χ2n) is 18.2. The third kappa shape index (κ3) is 6.64. The van der Waals surface area contributed by atoms with Gasteiger partial charge < -0.3 is 30.0 Å². The third-order valence-electron chi connectivity index (χ3n) is 13.2. The summed E-state index contributed by atoms with van der Waals surface area (Å²) in [7, 11) is 8.02. The first-order valence-electron chi connectivity index (χ1n) is 20.2. The van der Waals surface area contributed by atoms with E-state index in [1.165, 1.54) is 0 Å². The van der Waals surface area contributed by atoms with Crippen LogP contribution in [0.2, 0.25) is 0 Å². The highest BCUT2D eigenvalue weighted by Gasteiger charge is 2.61. The van der Waals surface area contributed by atoms with Crippen LogP contribution in [0.15, 0.2) is 121 Å². The molecule has 60 heavy (non-hydrogen) atoms. The van der Waals surface area contributed by atoms with Gasteiger partial charge in [-0.2, -0.15) is 0 Å². The Bertz CT molecular complexity index is 2250. The second-order valence-corrected chi connectivity index (χ2v) is 18.2. The number of anilines is 8. The van der Waals surface area contributed by atoms with Crippen LogP contribution in [-0.2, 0) is 10.4 Å². The Morgan fingerprint density at radius 2 is 0.583 bits per heavy atom. The first-order valence-corrected chi connectivity index (χ1v) is 20.2. The van der Waals surface area contributed by atoms with Gasteiger partial charge >= 0.3 is 11.7 Å². The van der Waals surface area contributed by atoms with Gasteiger partial charge in [-0.3, -0.25) is 9.48 Å². The van der Waals surface area contributed by atoms with E-state index in [-0.39, 0.29) is 11.7 Å². The Labute approximate surface area is 354 Å². The lowest BCUT2D eigenvalue weighted by atomic mass is 9.84. The summed E-state index contributed by atoms with van der Waals surface area (Å²) < 4.78 is 1.68. The molecule has 0 bridgehead atoms. The van der Waals surface area contributed by atoms with Crippen molar-refractivity contribution < 1.29 is 19.9 Å². The van der Waals surface area contributed by atoms with Gasteiger partial charge in [-0.05, 0) is 177 Å².